The first-order valence-electron chi connectivity index (χ1n) is 7.30. The first kappa shape index (κ1) is 18.5. The van der Waals surface area contributed by atoms with Crippen molar-refractivity contribution < 1.29 is 27.5 Å². The van der Waals surface area contributed by atoms with Crippen molar-refractivity contribution in [3.05, 3.63) is 60.2 Å². The number of hydrogen-bond donors (Lipinski definition) is 1. The average Bonchev–Trinajstić information content (AvgIpc) is 2.61. The normalized spacial score (nSPS) is 12.1. The minimum absolute atomic E-state index is 0.00563. The quantitative estimate of drug-likeness (QED) is 0.790. The largest absolute Gasteiger partial charge is 0.466 e. The van der Waals surface area contributed by atoms with Crippen molar-refractivity contribution in [2.45, 2.75) is 17.9 Å². The molecule has 0 heterocycles. The molecule has 2 rings (SSSR count). The number of esters is 2. The van der Waals surface area contributed by atoms with Gasteiger partial charge in [-0.1, -0.05) is 18.2 Å². The van der Waals surface area contributed by atoms with E-state index < -0.39 is 28.1 Å². The fourth-order valence-electron chi connectivity index (χ4n) is 1.93. The molecular weight excluding hydrogens is 346 g/mol. The van der Waals surface area contributed by atoms with Crippen LogP contribution in [0.2, 0.25) is 0 Å². The predicted molar refractivity (Wildman–Crippen MR) is 90.6 cm³/mol. The molecule has 1 N–H and O–H groups in total. The fraction of sp³-hybridized carbons (Fsp3) is 0.176. The van der Waals surface area contributed by atoms with E-state index in [1.54, 1.807) is 30.3 Å². The van der Waals surface area contributed by atoms with Gasteiger partial charge in [-0.05, 0) is 43.3 Å². The van der Waals surface area contributed by atoms with Gasteiger partial charge in [0.2, 0.25) is 0 Å². The van der Waals surface area contributed by atoms with Crippen molar-refractivity contribution in [3.63, 3.8) is 0 Å². The molecule has 132 valence electrons. The lowest BCUT2D eigenvalue weighted by Crippen LogP contribution is -2.25. The molecule has 0 bridgehead atoms. The van der Waals surface area contributed by atoms with Crippen LogP contribution in [0.1, 0.15) is 17.3 Å². The van der Waals surface area contributed by atoms with Crippen LogP contribution in [-0.4, -0.2) is 33.6 Å². The van der Waals surface area contributed by atoms with Gasteiger partial charge in [0.1, 0.15) is 0 Å². The highest BCUT2D eigenvalue weighted by atomic mass is 32.2. The number of para-hydroxylation sites is 1. The molecule has 8 heteroatoms. The van der Waals surface area contributed by atoms with Crippen molar-refractivity contribution in [2.75, 3.05) is 11.8 Å². The van der Waals surface area contributed by atoms with Crippen LogP contribution in [0.5, 0.6) is 0 Å². The maximum Gasteiger partial charge on any atom is 0.346 e. The molecule has 0 aliphatic heterocycles. The lowest BCUT2D eigenvalue weighted by molar-refractivity contribution is -0.149. The Balaban J connectivity index is 2.11. The van der Waals surface area contributed by atoms with E-state index in [0.717, 1.165) is 0 Å². The zero-order valence-corrected chi connectivity index (χ0v) is 14.4. The van der Waals surface area contributed by atoms with Crippen LogP contribution in [0.3, 0.4) is 0 Å². The number of benzene rings is 2. The van der Waals surface area contributed by atoms with Crippen LogP contribution < -0.4 is 4.72 Å². The minimum atomic E-state index is -3.77. The van der Waals surface area contributed by atoms with Gasteiger partial charge < -0.3 is 9.47 Å². The average molecular weight is 363 g/mol. The Morgan fingerprint density at radius 2 is 1.60 bits per heavy atom. The van der Waals surface area contributed by atoms with E-state index in [2.05, 4.69) is 9.46 Å². The number of nitrogens with one attached hydrogen (secondary N) is 1. The van der Waals surface area contributed by atoms with E-state index in [1.165, 1.54) is 38.3 Å². The second-order valence-electron chi connectivity index (χ2n) is 5.07. The fourth-order valence-corrected chi connectivity index (χ4v) is 2.99. The van der Waals surface area contributed by atoms with Crippen molar-refractivity contribution >= 4 is 27.6 Å². The Bertz CT molecular complexity index is 846. The Hall–Kier alpha value is -2.87. The molecule has 0 saturated carbocycles. The summed E-state index contributed by atoms with van der Waals surface area (Å²) in [6.07, 6.45) is -1.05. The summed E-state index contributed by atoms with van der Waals surface area (Å²) in [5, 5.41) is 0. The van der Waals surface area contributed by atoms with Crippen LogP contribution in [0, 0.1) is 0 Å². The third kappa shape index (κ3) is 4.80. The Morgan fingerprint density at radius 3 is 2.16 bits per heavy atom. The summed E-state index contributed by atoms with van der Waals surface area (Å²) in [5.41, 5.74) is 0.548. The predicted octanol–water partition coefficient (Wildman–Crippen LogP) is 2.21. The zero-order chi connectivity index (χ0) is 18.4. The second kappa shape index (κ2) is 7.80. The van der Waals surface area contributed by atoms with Gasteiger partial charge >= 0.3 is 11.9 Å². The van der Waals surface area contributed by atoms with Crippen molar-refractivity contribution in [1.82, 2.24) is 0 Å². The third-order valence-electron chi connectivity index (χ3n) is 3.24. The number of carbonyl (C=O) groups excluding carboxylic acids is 2. The molecule has 0 unspecified atom stereocenters. The van der Waals surface area contributed by atoms with Crippen LogP contribution in [0.25, 0.3) is 0 Å². The second-order valence-corrected chi connectivity index (χ2v) is 6.75. The van der Waals surface area contributed by atoms with Crippen LogP contribution >= 0.6 is 0 Å². The molecule has 0 aliphatic rings. The zero-order valence-electron chi connectivity index (χ0n) is 13.6. The van der Waals surface area contributed by atoms with Gasteiger partial charge in [0.15, 0.2) is 6.10 Å². The SMILES string of the molecule is COC(=O)[C@@H](C)OC(=O)c1ccc(S(=O)(=O)Nc2ccccc2)cc1. The molecule has 0 saturated heterocycles. The highest BCUT2D eigenvalue weighted by Crippen LogP contribution is 2.17. The van der Waals surface area contributed by atoms with E-state index in [1.807, 2.05) is 0 Å². The van der Waals surface area contributed by atoms with Crippen molar-refractivity contribution in [3.8, 4) is 0 Å². The molecule has 7 nitrogen and oxygen atoms in total. The Morgan fingerprint density at radius 1 is 1.00 bits per heavy atom. The molecule has 1 atom stereocenters. The van der Waals surface area contributed by atoms with Crippen LogP contribution in [0.4, 0.5) is 5.69 Å². The number of rotatable bonds is 6. The third-order valence-corrected chi connectivity index (χ3v) is 4.64. The smallest absolute Gasteiger partial charge is 0.346 e. The molecule has 25 heavy (non-hydrogen) atoms. The summed E-state index contributed by atoms with van der Waals surface area (Å²) in [6, 6.07) is 13.6. The molecule has 0 spiro atoms. The number of sulfonamides is 1. The summed E-state index contributed by atoms with van der Waals surface area (Å²) in [6.45, 7) is 1.38. The summed E-state index contributed by atoms with van der Waals surface area (Å²) < 4.78 is 36.4. The number of carbonyl (C=O) groups is 2. The topological polar surface area (TPSA) is 98.8 Å². The van der Waals surface area contributed by atoms with Gasteiger partial charge in [-0.3, -0.25) is 4.72 Å². The number of hydrogen-bond acceptors (Lipinski definition) is 6. The molecule has 0 amide bonds. The number of ether oxygens (including phenoxy) is 2. The van der Waals surface area contributed by atoms with Gasteiger partial charge in [0.05, 0.1) is 17.6 Å². The van der Waals surface area contributed by atoms with Crippen LogP contribution in [0.15, 0.2) is 59.5 Å². The van der Waals surface area contributed by atoms with E-state index in [0.29, 0.717) is 5.69 Å². The van der Waals surface area contributed by atoms with Crippen LogP contribution in [-0.2, 0) is 24.3 Å². The lowest BCUT2D eigenvalue weighted by atomic mass is 10.2. The summed E-state index contributed by atoms with van der Waals surface area (Å²) in [7, 11) is -2.59. The molecule has 0 fully saturated rings. The highest BCUT2D eigenvalue weighted by Gasteiger charge is 2.20. The lowest BCUT2D eigenvalue weighted by Gasteiger charge is -2.11. The van der Waals surface area contributed by atoms with Crippen molar-refractivity contribution in [1.29, 1.82) is 0 Å². The van der Waals surface area contributed by atoms with Gasteiger partial charge in [-0.15, -0.1) is 0 Å². The molecule has 0 aromatic heterocycles. The molecule has 0 aliphatic carbocycles. The number of anilines is 1. The van der Waals surface area contributed by atoms with Gasteiger partial charge in [0, 0.05) is 5.69 Å². The monoisotopic (exact) mass is 363 g/mol. The van der Waals surface area contributed by atoms with Gasteiger partial charge in [0.25, 0.3) is 10.0 Å². The summed E-state index contributed by atoms with van der Waals surface area (Å²) in [4.78, 5) is 23.2. The summed E-state index contributed by atoms with van der Waals surface area (Å²) in [5.74, 6) is -1.43. The first-order valence-corrected chi connectivity index (χ1v) is 8.78. The highest BCUT2D eigenvalue weighted by molar-refractivity contribution is 7.92. The Kier molecular flexibility index (Phi) is 5.76. The van der Waals surface area contributed by atoms with Crippen molar-refractivity contribution in [2.24, 2.45) is 0 Å². The maximum absolute atomic E-state index is 12.3. The van der Waals surface area contributed by atoms with E-state index >= 15 is 0 Å². The first-order chi connectivity index (χ1) is 11.8. The molecule has 0 radical (unpaired) electrons. The van der Waals surface area contributed by atoms with E-state index in [9.17, 15) is 18.0 Å². The van der Waals surface area contributed by atoms with Gasteiger partial charge in [-0.2, -0.15) is 0 Å². The molecule has 2 aromatic carbocycles. The molecular formula is C17H17NO6S. The van der Waals surface area contributed by atoms with E-state index in [4.69, 9.17) is 4.74 Å². The summed E-state index contributed by atoms with van der Waals surface area (Å²) >= 11 is 0. The molecule has 2 aromatic rings. The minimum Gasteiger partial charge on any atom is -0.466 e. The number of methoxy groups -OCH3 is 1. The Labute approximate surface area is 145 Å². The maximum atomic E-state index is 12.3. The van der Waals surface area contributed by atoms with Gasteiger partial charge in [-0.25, -0.2) is 18.0 Å². The standard InChI is InChI=1S/C17H17NO6S/c1-12(16(19)23-2)24-17(20)13-8-10-15(11-9-13)25(21,22)18-14-6-4-3-5-7-14/h3-12,18H,1-2H3/t12-/m1/s1. The van der Waals surface area contributed by atoms with E-state index in [-0.39, 0.29) is 10.5 Å².